The summed E-state index contributed by atoms with van der Waals surface area (Å²) in [6.07, 6.45) is 1.55. The number of benzene rings is 2. The molecular formula is C20H22N2O. The van der Waals surface area contributed by atoms with Crippen LogP contribution in [0.2, 0.25) is 0 Å². The molecular weight excluding hydrogens is 284 g/mol. The minimum atomic E-state index is -0.0985. The van der Waals surface area contributed by atoms with Gasteiger partial charge in [0.05, 0.1) is 11.5 Å². The molecule has 3 rings (SSSR count). The summed E-state index contributed by atoms with van der Waals surface area (Å²) in [5.41, 5.74) is 2.48. The van der Waals surface area contributed by atoms with Crippen molar-refractivity contribution in [3.63, 3.8) is 0 Å². The van der Waals surface area contributed by atoms with Crippen molar-refractivity contribution in [3.8, 4) is 11.8 Å². The summed E-state index contributed by atoms with van der Waals surface area (Å²) in [6.45, 7) is 2.43. The molecule has 0 amide bonds. The molecule has 23 heavy (non-hydrogen) atoms. The minimum absolute atomic E-state index is 0.0985. The monoisotopic (exact) mass is 306 g/mol. The highest BCUT2D eigenvalue weighted by atomic mass is 16.5. The number of fused-ring (bicyclic) bond motifs is 1. The highest BCUT2D eigenvalue weighted by molar-refractivity contribution is 5.50. The van der Waals surface area contributed by atoms with Crippen molar-refractivity contribution in [1.29, 1.82) is 5.26 Å². The SMILES string of the molecule is CN(CCC#N)CCC1(c2ccccc2)COc2ccccc21. The number of ether oxygens (including phenoxy) is 1. The first-order valence-corrected chi connectivity index (χ1v) is 8.09. The van der Waals surface area contributed by atoms with E-state index in [1.807, 2.05) is 6.07 Å². The number of hydrogen-bond donors (Lipinski definition) is 0. The molecule has 0 fully saturated rings. The van der Waals surface area contributed by atoms with Crippen molar-refractivity contribution in [2.75, 3.05) is 26.7 Å². The Kier molecular flexibility index (Phi) is 4.64. The first kappa shape index (κ1) is 15.6. The predicted molar refractivity (Wildman–Crippen MR) is 91.5 cm³/mol. The molecule has 0 N–H and O–H groups in total. The van der Waals surface area contributed by atoms with Crippen LogP contribution < -0.4 is 4.74 Å². The van der Waals surface area contributed by atoms with E-state index in [4.69, 9.17) is 10.00 Å². The van der Waals surface area contributed by atoms with E-state index in [9.17, 15) is 0 Å². The fourth-order valence-electron chi connectivity index (χ4n) is 3.35. The van der Waals surface area contributed by atoms with Crippen molar-refractivity contribution in [2.45, 2.75) is 18.3 Å². The van der Waals surface area contributed by atoms with Gasteiger partial charge in [0.1, 0.15) is 12.4 Å². The van der Waals surface area contributed by atoms with E-state index in [1.54, 1.807) is 0 Å². The van der Waals surface area contributed by atoms with Crippen molar-refractivity contribution in [1.82, 2.24) is 4.90 Å². The lowest BCUT2D eigenvalue weighted by Gasteiger charge is -2.31. The number of para-hydroxylation sites is 1. The Morgan fingerprint density at radius 1 is 1.09 bits per heavy atom. The van der Waals surface area contributed by atoms with Gasteiger partial charge >= 0.3 is 0 Å². The average molecular weight is 306 g/mol. The van der Waals surface area contributed by atoms with Gasteiger partial charge in [0.25, 0.3) is 0 Å². The van der Waals surface area contributed by atoms with Gasteiger partial charge in [-0.2, -0.15) is 5.26 Å². The molecule has 3 nitrogen and oxygen atoms in total. The van der Waals surface area contributed by atoms with E-state index in [0.29, 0.717) is 13.0 Å². The van der Waals surface area contributed by atoms with Gasteiger partial charge in [-0.15, -0.1) is 0 Å². The fourth-order valence-corrected chi connectivity index (χ4v) is 3.35. The van der Waals surface area contributed by atoms with Crippen molar-refractivity contribution >= 4 is 0 Å². The van der Waals surface area contributed by atoms with E-state index < -0.39 is 0 Å². The number of nitriles is 1. The summed E-state index contributed by atoms with van der Waals surface area (Å²) >= 11 is 0. The first-order chi connectivity index (χ1) is 11.3. The summed E-state index contributed by atoms with van der Waals surface area (Å²) in [5.74, 6) is 0.996. The third-order valence-electron chi connectivity index (χ3n) is 4.73. The van der Waals surface area contributed by atoms with E-state index in [-0.39, 0.29) is 5.41 Å². The second kappa shape index (κ2) is 6.85. The molecule has 1 heterocycles. The van der Waals surface area contributed by atoms with Crippen LogP contribution in [-0.4, -0.2) is 31.6 Å². The molecule has 2 aromatic rings. The molecule has 0 saturated carbocycles. The van der Waals surface area contributed by atoms with Crippen LogP contribution in [0.25, 0.3) is 0 Å². The summed E-state index contributed by atoms with van der Waals surface area (Å²) in [4.78, 5) is 2.23. The van der Waals surface area contributed by atoms with Crippen LogP contribution in [-0.2, 0) is 5.41 Å². The first-order valence-electron chi connectivity index (χ1n) is 8.09. The molecule has 118 valence electrons. The fraction of sp³-hybridized carbons (Fsp3) is 0.350. The average Bonchev–Trinajstić information content (AvgIpc) is 2.99. The van der Waals surface area contributed by atoms with E-state index in [2.05, 4.69) is 66.5 Å². The normalized spacial score (nSPS) is 19.2. The van der Waals surface area contributed by atoms with Gasteiger partial charge in [0, 0.05) is 18.5 Å². The van der Waals surface area contributed by atoms with Gasteiger partial charge in [0.15, 0.2) is 0 Å². The smallest absolute Gasteiger partial charge is 0.123 e. The molecule has 3 heteroatoms. The zero-order chi connectivity index (χ0) is 16.1. The summed E-state index contributed by atoms with van der Waals surface area (Å²) in [5, 5.41) is 8.76. The van der Waals surface area contributed by atoms with Gasteiger partial charge in [-0.1, -0.05) is 48.5 Å². The third-order valence-corrected chi connectivity index (χ3v) is 4.73. The lowest BCUT2D eigenvalue weighted by Crippen LogP contribution is -2.34. The number of rotatable bonds is 6. The van der Waals surface area contributed by atoms with Crippen LogP contribution in [0.4, 0.5) is 0 Å². The van der Waals surface area contributed by atoms with Crippen LogP contribution >= 0.6 is 0 Å². The van der Waals surface area contributed by atoms with Gasteiger partial charge in [-0.05, 0) is 31.6 Å². The second-order valence-corrected chi connectivity index (χ2v) is 6.19. The Labute approximate surface area is 138 Å². The van der Waals surface area contributed by atoms with Gasteiger partial charge in [-0.3, -0.25) is 0 Å². The Morgan fingerprint density at radius 2 is 1.83 bits per heavy atom. The minimum Gasteiger partial charge on any atom is -0.492 e. The summed E-state index contributed by atoms with van der Waals surface area (Å²) in [7, 11) is 2.08. The Morgan fingerprint density at radius 3 is 2.61 bits per heavy atom. The van der Waals surface area contributed by atoms with Crippen LogP contribution in [0.3, 0.4) is 0 Å². The summed E-state index contributed by atoms with van der Waals surface area (Å²) < 4.78 is 6.01. The van der Waals surface area contributed by atoms with Crippen LogP contribution in [0.5, 0.6) is 5.75 Å². The summed E-state index contributed by atoms with van der Waals surface area (Å²) in [6, 6.07) is 21.2. The zero-order valence-corrected chi connectivity index (χ0v) is 13.5. The van der Waals surface area contributed by atoms with Crippen LogP contribution in [0, 0.1) is 11.3 Å². The Hall–Kier alpha value is -2.31. The topological polar surface area (TPSA) is 36.3 Å². The van der Waals surface area contributed by atoms with E-state index in [0.717, 1.165) is 25.3 Å². The molecule has 0 spiro atoms. The molecule has 2 aromatic carbocycles. The zero-order valence-electron chi connectivity index (χ0n) is 13.5. The molecule has 1 unspecified atom stereocenters. The lowest BCUT2D eigenvalue weighted by molar-refractivity contribution is 0.249. The van der Waals surface area contributed by atoms with Gasteiger partial charge < -0.3 is 9.64 Å². The maximum Gasteiger partial charge on any atom is 0.123 e. The molecule has 0 aliphatic carbocycles. The van der Waals surface area contributed by atoms with Crippen LogP contribution in [0.15, 0.2) is 54.6 Å². The molecule has 1 atom stereocenters. The Bertz CT molecular complexity index is 692. The molecule has 0 saturated heterocycles. The van der Waals surface area contributed by atoms with Crippen molar-refractivity contribution in [3.05, 3.63) is 65.7 Å². The largest absolute Gasteiger partial charge is 0.492 e. The molecule has 0 bridgehead atoms. The van der Waals surface area contributed by atoms with Crippen molar-refractivity contribution in [2.24, 2.45) is 0 Å². The quantitative estimate of drug-likeness (QED) is 0.818. The second-order valence-electron chi connectivity index (χ2n) is 6.19. The molecule has 1 aliphatic rings. The predicted octanol–water partition coefficient (Wildman–Crippen LogP) is 3.60. The van der Waals surface area contributed by atoms with E-state index in [1.165, 1.54) is 11.1 Å². The molecule has 1 aliphatic heterocycles. The van der Waals surface area contributed by atoms with Gasteiger partial charge in [-0.25, -0.2) is 0 Å². The van der Waals surface area contributed by atoms with Crippen LogP contribution in [0.1, 0.15) is 24.0 Å². The highest BCUT2D eigenvalue weighted by Crippen LogP contribution is 2.45. The highest BCUT2D eigenvalue weighted by Gasteiger charge is 2.41. The lowest BCUT2D eigenvalue weighted by atomic mass is 9.73. The van der Waals surface area contributed by atoms with Gasteiger partial charge in [0.2, 0.25) is 0 Å². The third kappa shape index (κ3) is 3.09. The number of nitrogens with zero attached hydrogens (tertiary/aromatic N) is 2. The van der Waals surface area contributed by atoms with Crippen molar-refractivity contribution < 1.29 is 4.74 Å². The Balaban J connectivity index is 1.89. The molecule has 0 aromatic heterocycles. The maximum absolute atomic E-state index is 8.76. The number of hydrogen-bond acceptors (Lipinski definition) is 3. The standard InChI is InChI=1S/C20H22N2O/c1-22(14-7-13-21)15-12-20(17-8-3-2-4-9-17)16-23-19-11-6-5-10-18(19)20/h2-6,8-11H,7,12,14-16H2,1H3. The maximum atomic E-state index is 8.76. The molecule has 0 radical (unpaired) electrons. The van der Waals surface area contributed by atoms with E-state index >= 15 is 0 Å².